The summed E-state index contributed by atoms with van der Waals surface area (Å²) in [6.07, 6.45) is 9.08. The summed E-state index contributed by atoms with van der Waals surface area (Å²) < 4.78 is 29.6. The monoisotopic (exact) mass is 562 g/mol. The molecule has 4 fully saturated rings. The maximum absolute atomic E-state index is 13.7. The highest BCUT2D eigenvalue weighted by Gasteiger charge is 2.53. The zero-order valence-corrected chi connectivity index (χ0v) is 23.4. The lowest BCUT2D eigenvalue weighted by Gasteiger charge is -2.53. The van der Waals surface area contributed by atoms with Crippen molar-refractivity contribution in [3.63, 3.8) is 0 Å². The van der Waals surface area contributed by atoms with E-state index in [-0.39, 0.29) is 46.9 Å². The quantitative estimate of drug-likeness (QED) is 0.197. The van der Waals surface area contributed by atoms with E-state index in [1.165, 1.54) is 6.26 Å². The summed E-state index contributed by atoms with van der Waals surface area (Å²) in [6, 6.07) is 7.28. The number of fused-ring (bicyclic) bond motifs is 3. The van der Waals surface area contributed by atoms with E-state index in [0.29, 0.717) is 23.7 Å². The van der Waals surface area contributed by atoms with Gasteiger partial charge >= 0.3 is 5.97 Å². The number of alkyl halides is 1. The number of oxazole rings is 1. The summed E-state index contributed by atoms with van der Waals surface area (Å²) in [5.74, 6) is 1.47. The van der Waals surface area contributed by atoms with Gasteiger partial charge in [0.15, 0.2) is 11.5 Å². The Kier molecular flexibility index (Phi) is 7.25. The van der Waals surface area contributed by atoms with Crippen LogP contribution in [-0.4, -0.2) is 46.8 Å². The minimum absolute atomic E-state index is 0.0196. The predicted molar refractivity (Wildman–Crippen MR) is 148 cm³/mol. The lowest BCUT2D eigenvalue weighted by Crippen LogP contribution is -2.51. The number of ether oxygens (including phenoxy) is 1. The van der Waals surface area contributed by atoms with Gasteiger partial charge in [-0.1, -0.05) is 17.8 Å². The maximum atomic E-state index is 13.7. The molecule has 1 amide bonds. The Morgan fingerprint density at radius 1 is 1.15 bits per heavy atom. The van der Waals surface area contributed by atoms with E-state index in [4.69, 9.17) is 18.7 Å². The third kappa shape index (κ3) is 5.31. The topological polar surface area (TPSA) is 112 Å². The van der Waals surface area contributed by atoms with Crippen LogP contribution in [0, 0.1) is 5.41 Å². The number of carbonyl (C=O) groups excluding carboxylic acids is 2. The summed E-state index contributed by atoms with van der Waals surface area (Å²) >= 11 is 0. The van der Waals surface area contributed by atoms with Crippen molar-refractivity contribution in [1.29, 1.82) is 0 Å². The Bertz CT molecular complexity index is 1430. The van der Waals surface area contributed by atoms with Gasteiger partial charge in [0.05, 0.1) is 13.3 Å². The maximum Gasteiger partial charge on any atom is 0.360 e. The van der Waals surface area contributed by atoms with Crippen molar-refractivity contribution >= 4 is 17.6 Å². The van der Waals surface area contributed by atoms with E-state index < -0.39 is 12.6 Å². The highest BCUT2D eigenvalue weighted by molar-refractivity contribution is 6.05. The number of hydrogen-bond acceptors (Lipinski definition) is 8. The van der Waals surface area contributed by atoms with Crippen molar-refractivity contribution in [2.24, 2.45) is 5.41 Å². The third-order valence-electron chi connectivity index (χ3n) is 9.07. The van der Waals surface area contributed by atoms with Crippen molar-refractivity contribution in [3.05, 3.63) is 60.1 Å². The Morgan fingerprint density at radius 2 is 1.90 bits per heavy atom. The smallest absolute Gasteiger partial charge is 0.360 e. The van der Waals surface area contributed by atoms with Gasteiger partial charge in [-0.3, -0.25) is 9.18 Å². The molecule has 0 atom stereocenters. The number of benzene rings is 1. The molecule has 2 bridgehead atoms. The van der Waals surface area contributed by atoms with Crippen molar-refractivity contribution in [2.75, 3.05) is 24.7 Å². The molecule has 0 N–H and O–H groups in total. The van der Waals surface area contributed by atoms with E-state index in [1.807, 2.05) is 18.2 Å². The van der Waals surface area contributed by atoms with Gasteiger partial charge < -0.3 is 18.6 Å². The van der Waals surface area contributed by atoms with E-state index in [0.717, 1.165) is 63.1 Å². The number of halogens is 1. The number of amides is 1. The molecule has 9 nitrogen and oxygen atoms in total. The fourth-order valence-corrected chi connectivity index (χ4v) is 6.32. The molecule has 0 saturated heterocycles. The number of hydrogen-bond donors (Lipinski definition) is 0. The molecule has 0 unspecified atom stereocenters. The van der Waals surface area contributed by atoms with Gasteiger partial charge in [-0.15, -0.1) is 0 Å². The third-order valence-corrected chi connectivity index (χ3v) is 9.07. The molecule has 7 rings (SSSR count). The summed E-state index contributed by atoms with van der Waals surface area (Å²) in [5, 5.41) is 4.26. The number of esters is 1. The molecule has 0 spiro atoms. The van der Waals surface area contributed by atoms with Crippen LogP contribution in [0.1, 0.15) is 92.8 Å². The lowest BCUT2D eigenvalue weighted by atomic mass is 9.53. The van der Waals surface area contributed by atoms with Gasteiger partial charge in [0, 0.05) is 41.1 Å². The van der Waals surface area contributed by atoms with Gasteiger partial charge in [0.1, 0.15) is 6.26 Å². The van der Waals surface area contributed by atoms with Crippen LogP contribution in [0.2, 0.25) is 0 Å². The Balaban J connectivity index is 1.24. The normalized spacial score (nSPS) is 23.4. The average molecular weight is 563 g/mol. The fraction of sp³-hybridized carbons (Fsp3) is 0.516. The second-order valence-corrected chi connectivity index (χ2v) is 11.8. The van der Waals surface area contributed by atoms with Crippen LogP contribution >= 0.6 is 0 Å². The van der Waals surface area contributed by atoms with Crippen LogP contribution in [0.15, 0.2) is 51.6 Å². The van der Waals surface area contributed by atoms with Gasteiger partial charge in [0.25, 0.3) is 5.91 Å². The van der Waals surface area contributed by atoms with Crippen LogP contribution in [0.4, 0.5) is 10.1 Å². The van der Waals surface area contributed by atoms with Crippen LogP contribution in [0.25, 0.3) is 11.5 Å². The second kappa shape index (κ2) is 10.9. The Hall–Kier alpha value is -3.82. The zero-order chi connectivity index (χ0) is 28.6. The van der Waals surface area contributed by atoms with Gasteiger partial charge in [-0.2, -0.15) is 4.98 Å². The molecule has 2 aromatic heterocycles. The number of carbonyl (C=O) groups is 2. The molecular formula is C31H35FN4O5. The molecule has 4 aliphatic rings. The van der Waals surface area contributed by atoms with Crippen molar-refractivity contribution in [1.82, 2.24) is 15.1 Å². The van der Waals surface area contributed by atoms with Crippen molar-refractivity contribution in [2.45, 2.75) is 76.0 Å². The highest BCUT2D eigenvalue weighted by atomic mass is 19.1. The molecule has 4 saturated carbocycles. The Morgan fingerprint density at radius 3 is 2.59 bits per heavy atom. The molecule has 0 aliphatic heterocycles. The van der Waals surface area contributed by atoms with Gasteiger partial charge in [0.2, 0.25) is 11.8 Å². The molecule has 216 valence electrons. The standard InChI is InChI=1S/C31H35FN4O5/c1-3-39-28(38)24-18-40-26(33-24)22-5-4-6-23(17-22)36(27(37)20(2)9-16-32)19-30-10-13-31(14-11-30,15-12-30)29-34-25(35-41-29)21-7-8-21/h4-6,17-18,21H,2-3,7-16,19H2,1H3. The second-order valence-electron chi connectivity index (χ2n) is 11.8. The molecule has 10 heteroatoms. The van der Waals surface area contributed by atoms with E-state index in [1.54, 1.807) is 17.9 Å². The van der Waals surface area contributed by atoms with Crippen LogP contribution in [0.3, 0.4) is 0 Å². The van der Waals surface area contributed by atoms with Gasteiger partial charge in [-0.05, 0) is 81.9 Å². The first-order chi connectivity index (χ1) is 19.9. The number of rotatable bonds is 11. The van der Waals surface area contributed by atoms with Crippen LogP contribution in [0.5, 0.6) is 0 Å². The first-order valence-corrected chi connectivity index (χ1v) is 14.5. The average Bonchev–Trinajstić information content (AvgIpc) is 3.50. The number of anilines is 1. The molecule has 41 heavy (non-hydrogen) atoms. The molecule has 4 aliphatic carbocycles. The fourth-order valence-electron chi connectivity index (χ4n) is 6.32. The predicted octanol–water partition coefficient (Wildman–Crippen LogP) is 6.32. The van der Waals surface area contributed by atoms with Crippen molar-refractivity contribution < 1.29 is 27.7 Å². The largest absolute Gasteiger partial charge is 0.461 e. The van der Waals surface area contributed by atoms with Crippen molar-refractivity contribution in [3.8, 4) is 11.5 Å². The summed E-state index contributed by atoms with van der Waals surface area (Å²) in [5.41, 5.74) is 1.40. The van der Waals surface area contributed by atoms with Crippen LogP contribution in [-0.2, 0) is 14.9 Å². The number of nitrogens with zero attached hydrogens (tertiary/aromatic N) is 4. The molecule has 2 heterocycles. The van der Waals surface area contributed by atoms with E-state index >= 15 is 0 Å². The summed E-state index contributed by atoms with van der Waals surface area (Å²) in [7, 11) is 0. The minimum Gasteiger partial charge on any atom is -0.461 e. The van der Waals surface area contributed by atoms with Gasteiger partial charge in [-0.25, -0.2) is 9.78 Å². The molecule has 1 aromatic carbocycles. The minimum atomic E-state index is -0.647. The SMILES string of the molecule is C=C(CCF)C(=O)N(CC12CCC(c3nc(C4CC4)no3)(CC1)CC2)c1cccc(-c2nc(C(=O)OCC)co2)c1. The highest BCUT2D eigenvalue weighted by Crippen LogP contribution is 2.58. The number of aromatic nitrogens is 3. The molecular weight excluding hydrogens is 527 g/mol. The first kappa shape index (κ1) is 27.4. The van der Waals surface area contributed by atoms with E-state index in [9.17, 15) is 14.0 Å². The summed E-state index contributed by atoms with van der Waals surface area (Å²) in [4.78, 5) is 36.6. The van der Waals surface area contributed by atoms with E-state index in [2.05, 4.69) is 16.7 Å². The van der Waals surface area contributed by atoms with Crippen LogP contribution < -0.4 is 4.90 Å². The molecule has 0 radical (unpaired) electrons. The summed E-state index contributed by atoms with van der Waals surface area (Å²) in [6.45, 7) is 5.69. The molecule has 3 aromatic rings. The first-order valence-electron chi connectivity index (χ1n) is 14.5. The zero-order valence-electron chi connectivity index (χ0n) is 23.4. The Labute approximate surface area is 238 Å². The lowest BCUT2D eigenvalue weighted by molar-refractivity contribution is -0.116.